The molecule has 1 amide bonds. The van der Waals surface area contributed by atoms with E-state index in [0.717, 1.165) is 25.7 Å². The zero-order chi connectivity index (χ0) is 15.8. The molecule has 4 N–H and O–H groups in total. The second kappa shape index (κ2) is 8.24. The Bertz CT molecular complexity index is 512. The molecule has 0 atom stereocenters. The van der Waals surface area contributed by atoms with Crippen LogP contribution >= 0.6 is 0 Å². The van der Waals surface area contributed by atoms with Crippen molar-refractivity contribution in [1.29, 1.82) is 0 Å². The number of amidine groups is 1. The molecule has 0 aliphatic heterocycles. The quantitative estimate of drug-likeness (QED) is 0.312. The van der Waals surface area contributed by atoms with Crippen molar-refractivity contribution in [2.24, 2.45) is 16.8 Å². The van der Waals surface area contributed by atoms with E-state index in [-0.39, 0.29) is 23.2 Å². The molecule has 6 heteroatoms. The van der Waals surface area contributed by atoms with Crippen LogP contribution in [0.1, 0.15) is 45.1 Å². The largest absolute Gasteiger partial charge is 0.409 e. The van der Waals surface area contributed by atoms with Gasteiger partial charge in [0.2, 0.25) is 5.91 Å². The lowest BCUT2D eigenvalue weighted by Gasteiger charge is -2.15. The molecule has 21 heavy (non-hydrogen) atoms. The highest BCUT2D eigenvalue weighted by Crippen LogP contribution is 2.19. The maximum Gasteiger partial charge on any atom is 0.227 e. The second-order valence-corrected chi connectivity index (χ2v) is 4.94. The van der Waals surface area contributed by atoms with Gasteiger partial charge in [-0.15, -0.1) is 0 Å². The molecule has 0 aromatic heterocycles. The van der Waals surface area contributed by atoms with Crippen LogP contribution in [0.3, 0.4) is 0 Å². The van der Waals surface area contributed by atoms with Crippen molar-refractivity contribution in [3.8, 4) is 0 Å². The van der Waals surface area contributed by atoms with Crippen molar-refractivity contribution in [3.63, 3.8) is 0 Å². The minimum Gasteiger partial charge on any atom is -0.409 e. The summed E-state index contributed by atoms with van der Waals surface area (Å²) < 4.78 is 13.6. The molecule has 0 spiro atoms. The number of nitrogens with one attached hydrogen (secondary N) is 1. The highest BCUT2D eigenvalue weighted by atomic mass is 19.1. The summed E-state index contributed by atoms with van der Waals surface area (Å²) in [4.78, 5) is 12.2. The zero-order valence-electron chi connectivity index (χ0n) is 12.4. The van der Waals surface area contributed by atoms with Gasteiger partial charge in [0, 0.05) is 11.6 Å². The minimum absolute atomic E-state index is 0.0437. The summed E-state index contributed by atoms with van der Waals surface area (Å²) in [7, 11) is 0. The number of amides is 1. The first-order valence-corrected chi connectivity index (χ1v) is 7.11. The van der Waals surface area contributed by atoms with Crippen molar-refractivity contribution in [2.75, 3.05) is 5.32 Å². The first-order chi connectivity index (χ1) is 10.0. The average Bonchev–Trinajstić information content (AvgIpc) is 2.48. The lowest BCUT2D eigenvalue weighted by molar-refractivity contribution is -0.120. The highest BCUT2D eigenvalue weighted by Gasteiger charge is 2.17. The van der Waals surface area contributed by atoms with Gasteiger partial charge in [-0.05, 0) is 31.0 Å². The van der Waals surface area contributed by atoms with Crippen molar-refractivity contribution < 1.29 is 14.4 Å². The van der Waals surface area contributed by atoms with Crippen LogP contribution in [0.5, 0.6) is 0 Å². The van der Waals surface area contributed by atoms with Gasteiger partial charge in [-0.25, -0.2) is 4.39 Å². The lowest BCUT2D eigenvalue weighted by Crippen LogP contribution is -2.23. The standard InChI is InChI=1S/C15H22FN3O2/c1-3-5-10(6-4-2)15(20)18-11-7-8-13(16)12(9-11)14(17)19-21/h7-10,21H,3-6H2,1-2H3,(H2,17,19)(H,18,20). The number of halogens is 1. The average molecular weight is 295 g/mol. The number of nitrogens with two attached hydrogens (primary N) is 1. The van der Waals surface area contributed by atoms with Crippen LogP contribution in [0.2, 0.25) is 0 Å². The van der Waals surface area contributed by atoms with E-state index >= 15 is 0 Å². The fraction of sp³-hybridized carbons (Fsp3) is 0.467. The number of hydrogen-bond donors (Lipinski definition) is 3. The summed E-state index contributed by atoms with van der Waals surface area (Å²) in [5.74, 6) is -1.09. The number of rotatable bonds is 7. The van der Waals surface area contributed by atoms with Gasteiger partial charge >= 0.3 is 0 Å². The summed E-state index contributed by atoms with van der Waals surface area (Å²) in [5, 5.41) is 14.2. The van der Waals surface area contributed by atoms with E-state index < -0.39 is 5.82 Å². The summed E-state index contributed by atoms with van der Waals surface area (Å²) in [6.07, 6.45) is 3.48. The van der Waals surface area contributed by atoms with Crippen LogP contribution in [0.4, 0.5) is 10.1 Å². The van der Waals surface area contributed by atoms with Crippen molar-refractivity contribution >= 4 is 17.4 Å². The molecule has 1 aromatic carbocycles. The topological polar surface area (TPSA) is 87.7 Å². The first kappa shape index (κ1) is 16.9. The Morgan fingerprint density at radius 2 is 2.00 bits per heavy atom. The van der Waals surface area contributed by atoms with Gasteiger partial charge in [0.25, 0.3) is 0 Å². The number of hydrogen-bond acceptors (Lipinski definition) is 3. The van der Waals surface area contributed by atoms with Gasteiger partial charge < -0.3 is 16.3 Å². The molecule has 1 rings (SSSR count). The zero-order valence-corrected chi connectivity index (χ0v) is 12.4. The molecule has 0 unspecified atom stereocenters. The second-order valence-electron chi connectivity index (χ2n) is 4.94. The number of nitrogens with zero attached hydrogens (tertiary/aromatic N) is 1. The van der Waals surface area contributed by atoms with Crippen LogP contribution < -0.4 is 11.1 Å². The van der Waals surface area contributed by atoms with E-state index in [1.165, 1.54) is 18.2 Å². The predicted octanol–water partition coefficient (Wildman–Crippen LogP) is 3.08. The third kappa shape index (κ3) is 4.73. The Morgan fingerprint density at radius 3 is 2.52 bits per heavy atom. The van der Waals surface area contributed by atoms with Crippen molar-refractivity contribution in [1.82, 2.24) is 0 Å². The fourth-order valence-electron chi connectivity index (χ4n) is 2.20. The van der Waals surface area contributed by atoms with Crippen molar-refractivity contribution in [3.05, 3.63) is 29.6 Å². The Morgan fingerprint density at radius 1 is 1.38 bits per heavy atom. The smallest absolute Gasteiger partial charge is 0.227 e. The summed E-state index contributed by atoms with van der Waals surface area (Å²) >= 11 is 0. The Hall–Kier alpha value is -2.11. The van der Waals surface area contributed by atoms with Crippen LogP contribution in [0.25, 0.3) is 0 Å². The van der Waals surface area contributed by atoms with Gasteiger partial charge in [-0.3, -0.25) is 4.79 Å². The van der Waals surface area contributed by atoms with Crippen molar-refractivity contribution in [2.45, 2.75) is 39.5 Å². The van der Waals surface area contributed by atoms with E-state index in [4.69, 9.17) is 10.9 Å². The van der Waals surface area contributed by atoms with Crippen LogP contribution in [0, 0.1) is 11.7 Å². The summed E-state index contributed by atoms with van der Waals surface area (Å²) in [6.45, 7) is 4.06. The molecule has 0 aliphatic carbocycles. The molecule has 0 fully saturated rings. The molecule has 116 valence electrons. The first-order valence-electron chi connectivity index (χ1n) is 7.11. The van der Waals surface area contributed by atoms with E-state index in [2.05, 4.69) is 10.5 Å². The number of benzene rings is 1. The maximum atomic E-state index is 13.6. The molecule has 0 bridgehead atoms. The number of carbonyl (C=O) groups is 1. The third-order valence-electron chi connectivity index (χ3n) is 3.26. The van der Waals surface area contributed by atoms with Crippen LogP contribution in [0.15, 0.2) is 23.4 Å². The summed E-state index contributed by atoms with van der Waals surface area (Å²) in [5.41, 5.74) is 5.78. The summed E-state index contributed by atoms with van der Waals surface area (Å²) in [6, 6.07) is 3.99. The van der Waals surface area contributed by atoms with E-state index in [9.17, 15) is 9.18 Å². The molecule has 0 saturated carbocycles. The molecule has 0 saturated heterocycles. The third-order valence-corrected chi connectivity index (χ3v) is 3.26. The predicted molar refractivity (Wildman–Crippen MR) is 80.8 cm³/mol. The van der Waals surface area contributed by atoms with Gasteiger partial charge in [0.05, 0.1) is 5.56 Å². The Labute approximate surface area is 124 Å². The van der Waals surface area contributed by atoms with E-state index in [0.29, 0.717) is 5.69 Å². The van der Waals surface area contributed by atoms with Crippen LogP contribution in [-0.2, 0) is 4.79 Å². The fourth-order valence-corrected chi connectivity index (χ4v) is 2.20. The van der Waals surface area contributed by atoms with Gasteiger partial charge in [0.1, 0.15) is 5.82 Å². The van der Waals surface area contributed by atoms with Gasteiger partial charge in [-0.1, -0.05) is 31.8 Å². The maximum absolute atomic E-state index is 13.6. The molecular formula is C15H22FN3O2. The lowest BCUT2D eigenvalue weighted by atomic mass is 9.97. The van der Waals surface area contributed by atoms with Gasteiger partial charge in [0.15, 0.2) is 5.84 Å². The van der Waals surface area contributed by atoms with Crippen LogP contribution in [-0.4, -0.2) is 17.0 Å². The van der Waals surface area contributed by atoms with E-state index in [1.54, 1.807) is 0 Å². The Kier molecular flexibility index (Phi) is 6.65. The molecule has 5 nitrogen and oxygen atoms in total. The van der Waals surface area contributed by atoms with E-state index in [1.807, 2.05) is 13.8 Å². The molecule has 1 aromatic rings. The molecule has 0 radical (unpaired) electrons. The number of carbonyl (C=O) groups excluding carboxylic acids is 1. The normalized spacial score (nSPS) is 11.7. The SMILES string of the molecule is CCCC(CCC)C(=O)Nc1ccc(F)c(/C(N)=N/O)c1. The highest BCUT2D eigenvalue weighted by molar-refractivity contribution is 5.99. The number of oxime groups is 1. The molecular weight excluding hydrogens is 273 g/mol. The molecule has 0 aliphatic rings. The Balaban J connectivity index is 2.89. The number of anilines is 1. The monoisotopic (exact) mass is 295 g/mol. The minimum atomic E-state index is -0.609. The van der Waals surface area contributed by atoms with Gasteiger partial charge in [-0.2, -0.15) is 0 Å². The molecule has 0 heterocycles.